The van der Waals surface area contributed by atoms with Gasteiger partial charge in [-0.2, -0.15) is 5.10 Å². The molecule has 1 aliphatic carbocycles. The maximum atomic E-state index is 12.6. The number of carbonyl (C=O) groups is 1. The van der Waals surface area contributed by atoms with E-state index in [4.69, 9.17) is 0 Å². The van der Waals surface area contributed by atoms with Crippen LogP contribution in [-0.2, 0) is 0 Å². The van der Waals surface area contributed by atoms with E-state index in [0.717, 1.165) is 29.7 Å². The highest BCUT2D eigenvalue weighted by atomic mass is 16.2. The molecule has 104 valence electrons. The Hall–Kier alpha value is -2.30. The molecule has 0 unspecified atom stereocenters. The standard InChI is InChI=1S/C15H18N4O/c1-10-4-3-5-11(2)14(10)19(12-6-7-12)15(20)17-13-8-9-16-18-13/h3-5,8-9,12H,6-7H2,1-2H3,(H2,16,17,18,20). The smallest absolute Gasteiger partial charge is 0.292 e. The van der Waals surface area contributed by atoms with Gasteiger partial charge in [0.25, 0.3) is 0 Å². The first-order chi connectivity index (χ1) is 9.66. The van der Waals surface area contributed by atoms with Crippen molar-refractivity contribution in [2.45, 2.75) is 32.7 Å². The van der Waals surface area contributed by atoms with Crippen LogP contribution in [-0.4, -0.2) is 22.3 Å². The van der Waals surface area contributed by atoms with E-state index in [1.807, 2.05) is 36.9 Å². The first kappa shape index (κ1) is 12.7. The maximum Gasteiger partial charge on any atom is 0.327 e. The maximum absolute atomic E-state index is 12.6. The van der Waals surface area contributed by atoms with Crippen molar-refractivity contribution in [1.82, 2.24) is 10.2 Å². The predicted molar refractivity (Wildman–Crippen MR) is 79.0 cm³/mol. The summed E-state index contributed by atoms with van der Waals surface area (Å²) in [5.74, 6) is 0.617. The lowest BCUT2D eigenvalue weighted by Gasteiger charge is -2.26. The van der Waals surface area contributed by atoms with Gasteiger partial charge in [0.1, 0.15) is 5.82 Å². The van der Waals surface area contributed by atoms with Crippen LogP contribution in [0.3, 0.4) is 0 Å². The molecule has 1 heterocycles. The number of aryl methyl sites for hydroxylation is 2. The first-order valence-electron chi connectivity index (χ1n) is 6.82. The van der Waals surface area contributed by atoms with Crippen LogP contribution < -0.4 is 10.2 Å². The van der Waals surface area contributed by atoms with Crippen LogP contribution in [0.25, 0.3) is 0 Å². The largest absolute Gasteiger partial charge is 0.327 e. The van der Waals surface area contributed by atoms with E-state index in [1.54, 1.807) is 12.3 Å². The molecule has 1 fully saturated rings. The molecule has 1 aromatic heterocycles. The predicted octanol–water partition coefficient (Wildman–Crippen LogP) is 3.23. The van der Waals surface area contributed by atoms with Crippen LogP contribution in [0.2, 0.25) is 0 Å². The van der Waals surface area contributed by atoms with Crippen molar-refractivity contribution in [2.75, 3.05) is 10.2 Å². The van der Waals surface area contributed by atoms with Crippen LogP contribution in [0.15, 0.2) is 30.5 Å². The summed E-state index contributed by atoms with van der Waals surface area (Å²) < 4.78 is 0. The molecule has 5 heteroatoms. The molecule has 0 atom stereocenters. The number of benzene rings is 1. The fourth-order valence-corrected chi connectivity index (χ4v) is 2.47. The van der Waals surface area contributed by atoms with Gasteiger partial charge < -0.3 is 0 Å². The molecule has 0 spiro atoms. The zero-order valence-electron chi connectivity index (χ0n) is 11.7. The van der Waals surface area contributed by atoms with E-state index >= 15 is 0 Å². The quantitative estimate of drug-likeness (QED) is 0.899. The van der Waals surface area contributed by atoms with Gasteiger partial charge in [-0.1, -0.05) is 18.2 Å². The second-order valence-electron chi connectivity index (χ2n) is 5.24. The third-order valence-electron chi connectivity index (χ3n) is 3.55. The van der Waals surface area contributed by atoms with Crippen molar-refractivity contribution in [3.05, 3.63) is 41.6 Å². The van der Waals surface area contributed by atoms with E-state index in [9.17, 15) is 4.79 Å². The topological polar surface area (TPSA) is 61.0 Å². The molecule has 0 radical (unpaired) electrons. The normalized spacial score (nSPS) is 14.1. The third-order valence-corrected chi connectivity index (χ3v) is 3.55. The number of anilines is 2. The van der Waals surface area contributed by atoms with Crippen molar-refractivity contribution < 1.29 is 4.79 Å². The molecule has 0 bridgehead atoms. The zero-order valence-corrected chi connectivity index (χ0v) is 11.7. The Morgan fingerprint density at radius 1 is 1.30 bits per heavy atom. The molecule has 5 nitrogen and oxygen atoms in total. The van der Waals surface area contributed by atoms with Crippen molar-refractivity contribution in [3.8, 4) is 0 Å². The molecule has 2 amide bonds. The Morgan fingerprint density at radius 3 is 2.55 bits per heavy atom. The SMILES string of the molecule is Cc1cccc(C)c1N(C(=O)Nc1ccn[nH]1)C1CC1. The second kappa shape index (κ2) is 5.00. The minimum Gasteiger partial charge on any atom is -0.292 e. The summed E-state index contributed by atoms with van der Waals surface area (Å²) >= 11 is 0. The molecule has 3 rings (SSSR count). The van der Waals surface area contributed by atoms with E-state index in [0.29, 0.717) is 11.9 Å². The number of aromatic amines is 1. The van der Waals surface area contributed by atoms with Crippen LogP contribution in [0.5, 0.6) is 0 Å². The summed E-state index contributed by atoms with van der Waals surface area (Å²) in [6.07, 6.45) is 3.74. The van der Waals surface area contributed by atoms with Gasteiger partial charge in [0, 0.05) is 12.1 Å². The molecule has 0 saturated heterocycles. The highest BCUT2D eigenvalue weighted by Crippen LogP contribution is 2.35. The second-order valence-corrected chi connectivity index (χ2v) is 5.24. The molecule has 2 aromatic rings. The van der Waals surface area contributed by atoms with E-state index < -0.39 is 0 Å². The Kier molecular flexibility index (Phi) is 3.18. The fraction of sp³-hybridized carbons (Fsp3) is 0.333. The van der Waals surface area contributed by atoms with Crippen LogP contribution in [0.4, 0.5) is 16.3 Å². The lowest BCUT2D eigenvalue weighted by molar-refractivity contribution is 0.256. The molecule has 20 heavy (non-hydrogen) atoms. The van der Waals surface area contributed by atoms with E-state index in [1.165, 1.54) is 0 Å². The van der Waals surface area contributed by atoms with E-state index in [-0.39, 0.29) is 6.03 Å². The summed E-state index contributed by atoms with van der Waals surface area (Å²) in [4.78, 5) is 14.4. The number of para-hydroxylation sites is 1. The van der Waals surface area contributed by atoms with E-state index in [2.05, 4.69) is 15.5 Å². The Morgan fingerprint density at radius 2 is 2.00 bits per heavy atom. The number of aromatic nitrogens is 2. The van der Waals surface area contributed by atoms with Gasteiger partial charge >= 0.3 is 6.03 Å². The molecule has 2 N–H and O–H groups in total. The summed E-state index contributed by atoms with van der Waals surface area (Å²) in [7, 11) is 0. The first-order valence-corrected chi connectivity index (χ1v) is 6.82. The fourth-order valence-electron chi connectivity index (χ4n) is 2.47. The van der Waals surface area contributed by atoms with Gasteiger partial charge in [-0.3, -0.25) is 15.3 Å². The Labute approximate surface area is 118 Å². The van der Waals surface area contributed by atoms with Gasteiger partial charge in [-0.15, -0.1) is 0 Å². The van der Waals surface area contributed by atoms with Gasteiger partial charge in [0.2, 0.25) is 0 Å². The van der Waals surface area contributed by atoms with Crippen molar-refractivity contribution >= 4 is 17.5 Å². The lowest BCUT2D eigenvalue weighted by atomic mass is 10.1. The van der Waals surface area contributed by atoms with Gasteiger partial charge in [-0.25, -0.2) is 4.79 Å². The van der Waals surface area contributed by atoms with Crippen molar-refractivity contribution in [2.24, 2.45) is 0 Å². The Bertz CT molecular complexity index is 597. The molecule has 0 aliphatic heterocycles. The summed E-state index contributed by atoms with van der Waals surface area (Å²) in [5.41, 5.74) is 3.26. The third kappa shape index (κ3) is 2.39. The zero-order chi connectivity index (χ0) is 14.1. The summed E-state index contributed by atoms with van der Waals surface area (Å²) in [6, 6.07) is 8.05. The number of urea groups is 1. The highest BCUT2D eigenvalue weighted by Gasteiger charge is 2.35. The number of nitrogens with zero attached hydrogens (tertiary/aromatic N) is 2. The molecule has 1 saturated carbocycles. The number of hydrogen-bond donors (Lipinski definition) is 2. The number of nitrogens with one attached hydrogen (secondary N) is 2. The van der Waals surface area contributed by atoms with Crippen LogP contribution in [0.1, 0.15) is 24.0 Å². The number of H-pyrrole nitrogens is 1. The molecule has 1 aromatic carbocycles. The number of amides is 2. The molecular formula is C15H18N4O. The number of rotatable bonds is 3. The highest BCUT2D eigenvalue weighted by molar-refractivity contribution is 6.03. The van der Waals surface area contributed by atoms with Crippen molar-refractivity contribution in [1.29, 1.82) is 0 Å². The lowest BCUT2D eigenvalue weighted by Crippen LogP contribution is -2.38. The molecular weight excluding hydrogens is 252 g/mol. The molecule has 1 aliphatic rings. The monoisotopic (exact) mass is 270 g/mol. The van der Waals surface area contributed by atoms with Crippen molar-refractivity contribution in [3.63, 3.8) is 0 Å². The number of carbonyl (C=O) groups excluding carboxylic acids is 1. The minimum atomic E-state index is -0.103. The van der Waals surface area contributed by atoms with Gasteiger partial charge in [-0.05, 0) is 37.8 Å². The van der Waals surface area contributed by atoms with Crippen LogP contribution in [0, 0.1) is 13.8 Å². The van der Waals surface area contributed by atoms with Crippen LogP contribution >= 0.6 is 0 Å². The average Bonchev–Trinajstić information content (AvgIpc) is 3.11. The summed E-state index contributed by atoms with van der Waals surface area (Å²) in [5, 5.41) is 9.46. The number of hydrogen-bond acceptors (Lipinski definition) is 2. The Balaban J connectivity index is 1.91. The summed E-state index contributed by atoms with van der Waals surface area (Å²) in [6.45, 7) is 4.09. The van der Waals surface area contributed by atoms with Gasteiger partial charge in [0.05, 0.1) is 11.9 Å². The van der Waals surface area contributed by atoms with Gasteiger partial charge in [0.15, 0.2) is 0 Å². The average molecular weight is 270 g/mol. The minimum absolute atomic E-state index is 0.103.